The van der Waals surface area contributed by atoms with E-state index in [9.17, 15) is 29.7 Å². The Bertz CT molecular complexity index is 871. The Hall–Kier alpha value is -1.20. The highest BCUT2D eigenvalue weighted by Gasteiger charge is 2.68. The number of hydrogen-bond acceptors (Lipinski definition) is 11. The van der Waals surface area contributed by atoms with E-state index in [0.29, 0.717) is 0 Å². The summed E-state index contributed by atoms with van der Waals surface area (Å²) in [4.78, 5) is 48.8. The standard InChI is InChI=1S/C16H21BrIN5O7/c1-5(25)15-12(19)20-16(18,6(2)26)23(7(3)27)13(15)22(14(17)21-15)11-10(29)9(28)8(4-24)30-11/h8-11,13,24,28-29H,4H2,1-3H3,(H2,19,20)/t8-,9?,10?,11-,13?,15?,16?/m1/s1. The van der Waals surface area contributed by atoms with Crippen molar-refractivity contribution in [2.45, 2.75) is 60.7 Å². The van der Waals surface area contributed by atoms with Crippen LogP contribution in [0.3, 0.4) is 0 Å². The summed E-state index contributed by atoms with van der Waals surface area (Å²) in [7, 11) is 0. The SMILES string of the molecule is CC(=O)N1C2N([C@@H]3O[C@H](CO)C(O)C3O)C(Br)=NC2(C(C)=O)C(N)=NC1(I)C(C)=O. The molecule has 0 spiro atoms. The van der Waals surface area contributed by atoms with Crippen LogP contribution in [0.2, 0.25) is 0 Å². The van der Waals surface area contributed by atoms with Crippen LogP contribution in [0.5, 0.6) is 0 Å². The number of amidine groups is 2. The summed E-state index contributed by atoms with van der Waals surface area (Å²) in [6, 6.07) is 0. The molecule has 14 heteroatoms. The maximum Gasteiger partial charge on any atom is 0.248 e. The molecular weight excluding hydrogens is 581 g/mol. The largest absolute Gasteiger partial charge is 0.394 e. The fraction of sp³-hybridized carbons (Fsp3) is 0.688. The first kappa shape index (κ1) is 23.5. The molecule has 30 heavy (non-hydrogen) atoms. The number of aliphatic hydroxyl groups is 3. The molecule has 5 unspecified atom stereocenters. The molecule has 0 radical (unpaired) electrons. The smallest absolute Gasteiger partial charge is 0.248 e. The van der Waals surface area contributed by atoms with E-state index in [1.165, 1.54) is 25.7 Å². The number of nitrogens with two attached hydrogens (primary N) is 1. The van der Waals surface area contributed by atoms with E-state index in [2.05, 4.69) is 25.9 Å². The number of fused-ring (bicyclic) bond motifs is 1. The summed E-state index contributed by atoms with van der Waals surface area (Å²) in [6.45, 7) is 3.05. The van der Waals surface area contributed by atoms with Crippen LogP contribution in [0.4, 0.5) is 0 Å². The molecular formula is C16H21BrIN5O7. The van der Waals surface area contributed by atoms with E-state index in [1.54, 1.807) is 22.6 Å². The molecule has 1 amide bonds. The fourth-order valence-electron chi connectivity index (χ4n) is 3.95. The summed E-state index contributed by atoms with van der Waals surface area (Å²) in [6.07, 6.45) is -6.73. The maximum absolute atomic E-state index is 12.8. The van der Waals surface area contributed by atoms with Crippen molar-refractivity contribution < 1.29 is 34.4 Å². The Balaban J connectivity index is 2.25. The number of aliphatic hydroxyl groups excluding tert-OH is 3. The average Bonchev–Trinajstić information content (AvgIpc) is 3.10. The van der Waals surface area contributed by atoms with Gasteiger partial charge in [-0.15, -0.1) is 0 Å². The predicted molar refractivity (Wildman–Crippen MR) is 115 cm³/mol. The highest BCUT2D eigenvalue weighted by atomic mass is 127. The summed E-state index contributed by atoms with van der Waals surface area (Å²) in [5.74, 6) is -1.98. The lowest BCUT2D eigenvalue weighted by atomic mass is 9.86. The van der Waals surface area contributed by atoms with Gasteiger partial charge in [0.15, 0.2) is 28.7 Å². The number of hydrogen-bond donors (Lipinski definition) is 4. The Morgan fingerprint density at radius 2 is 1.80 bits per heavy atom. The molecule has 5 N–H and O–H groups in total. The van der Waals surface area contributed by atoms with Gasteiger partial charge in [-0.1, -0.05) is 0 Å². The van der Waals surface area contributed by atoms with Gasteiger partial charge in [0.25, 0.3) is 0 Å². The van der Waals surface area contributed by atoms with Crippen LogP contribution in [-0.4, -0.2) is 99.7 Å². The lowest BCUT2D eigenvalue weighted by molar-refractivity contribution is -0.158. The van der Waals surface area contributed by atoms with Crippen LogP contribution < -0.4 is 5.73 Å². The van der Waals surface area contributed by atoms with E-state index < -0.39 is 64.0 Å². The molecule has 0 bridgehead atoms. The number of ether oxygens (including phenoxy) is 1. The van der Waals surface area contributed by atoms with Gasteiger partial charge in [0.05, 0.1) is 6.61 Å². The molecule has 12 nitrogen and oxygen atoms in total. The van der Waals surface area contributed by atoms with Gasteiger partial charge in [-0.2, -0.15) is 0 Å². The van der Waals surface area contributed by atoms with Crippen molar-refractivity contribution in [3.05, 3.63) is 0 Å². The molecule has 0 aliphatic carbocycles. The number of aliphatic imine (C=N–C) groups is 2. The van der Waals surface area contributed by atoms with E-state index in [1.807, 2.05) is 0 Å². The second-order valence-corrected chi connectivity index (χ2v) is 9.46. The number of Topliss-reactive ketones (excluding diaryl/α,β-unsaturated/α-hetero) is 2. The number of amides is 1. The summed E-state index contributed by atoms with van der Waals surface area (Å²) in [5.41, 5.74) is 4.28. The zero-order valence-electron chi connectivity index (χ0n) is 16.2. The normalized spacial score (nSPS) is 40.7. The van der Waals surface area contributed by atoms with Crippen LogP contribution in [0.1, 0.15) is 20.8 Å². The van der Waals surface area contributed by atoms with Crippen molar-refractivity contribution in [2.24, 2.45) is 15.7 Å². The minimum Gasteiger partial charge on any atom is -0.394 e. The number of rotatable bonds is 4. The summed E-state index contributed by atoms with van der Waals surface area (Å²) < 4.78 is 3.82. The van der Waals surface area contributed by atoms with Crippen molar-refractivity contribution >= 4 is 66.6 Å². The van der Waals surface area contributed by atoms with Crippen molar-refractivity contribution in [3.8, 4) is 0 Å². The molecule has 7 atom stereocenters. The highest BCUT2D eigenvalue weighted by Crippen LogP contribution is 2.46. The third-order valence-electron chi connectivity index (χ3n) is 5.46. The minimum atomic E-state index is -1.88. The zero-order chi connectivity index (χ0) is 22.8. The van der Waals surface area contributed by atoms with Crippen LogP contribution in [0, 0.1) is 0 Å². The first-order valence-electron chi connectivity index (χ1n) is 8.87. The summed E-state index contributed by atoms with van der Waals surface area (Å²) >= 11 is 4.90. The minimum absolute atomic E-state index is 0.00820. The van der Waals surface area contributed by atoms with E-state index in [0.717, 1.165) is 4.90 Å². The van der Waals surface area contributed by atoms with Crippen molar-refractivity contribution in [1.29, 1.82) is 0 Å². The van der Waals surface area contributed by atoms with E-state index >= 15 is 0 Å². The topological polar surface area (TPSA) is 178 Å². The number of carbonyl (C=O) groups is 3. The number of alkyl halides is 1. The Morgan fingerprint density at radius 1 is 1.20 bits per heavy atom. The van der Waals surface area contributed by atoms with Crippen LogP contribution in [-0.2, 0) is 19.1 Å². The third-order valence-corrected chi connectivity index (χ3v) is 7.56. The van der Waals surface area contributed by atoms with Gasteiger partial charge in [-0.25, -0.2) is 9.98 Å². The van der Waals surface area contributed by atoms with Crippen molar-refractivity contribution in [2.75, 3.05) is 6.61 Å². The van der Waals surface area contributed by atoms with E-state index in [4.69, 9.17) is 10.5 Å². The van der Waals surface area contributed by atoms with Crippen molar-refractivity contribution in [1.82, 2.24) is 9.80 Å². The lowest BCUT2D eigenvalue weighted by Gasteiger charge is -2.51. The molecule has 0 aromatic carbocycles. The number of halogens is 2. The number of carbonyl (C=O) groups excluding carboxylic acids is 3. The molecule has 0 aromatic rings. The second kappa shape index (κ2) is 7.74. The first-order valence-corrected chi connectivity index (χ1v) is 10.7. The molecule has 1 saturated heterocycles. The number of ketones is 2. The van der Waals surface area contributed by atoms with Crippen LogP contribution >= 0.6 is 38.5 Å². The Labute approximate surface area is 193 Å². The van der Waals surface area contributed by atoms with Gasteiger partial charge < -0.3 is 25.8 Å². The fourth-order valence-corrected chi connectivity index (χ4v) is 5.49. The molecule has 3 aliphatic rings. The van der Waals surface area contributed by atoms with Gasteiger partial charge in [-0.3, -0.25) is 24.2 Å². The molecule has 0 aromatic heterocycles. The average molecular weight is 602 g/mol. The molecule has 3 aliphatic heterocycles. The second-order valence-electron chi connectivity index (χ2n) is 7.24. The molecule has 0 saturated carbocycles. The quantitative estimate of drug-likeness (QED) is 0.162. The lowest BCUT2D eigenvalue weighted by Crippen LogP contribution is -2.75. The van der Waals surface area contributed by atoms with Gasteiger partial charge in [-0.05, 0) is 52.4 Å². The molecule has 1 fully saturated rings. The predicted octanol–water partition coefficient (Wildman–Crippen LogP) is -1.96. The summed E-state index contributed by atoms with van der Waals surface area (Å²) in [5, 5.41) is 30.2. The Kier molecular flexibility index (Phi) is 6.05. The first-order chi connectivity index (χ1) is 13.8. The van der Waals surface area contributed by atoms with Gasteiger partial charge in [0, 0.05) is 6.92 Å². The highest BCUT2D eigenvalue weighted by molar-refractivity contribution is 14.1. The molecule has 3 rings (SSSR count). The van der Waals surface area contributed by atoms with Gasteiger partial charge >= 0.3 is 0 Å². The van der Waals surface area contributed by atoms with Crippen molar-refractivity contribution in [3.63, 3.8) is 0 Å². The van der Waals surface area contributed by atoms with E-state index in [-0.39, 0.29) is 10.6 Å². The monoisotopic (exact) mass is 601 g/mol. The maximum atomic E-state index is 12.8. The Morgan fingerprint density at radius 3 is 2.23 bits per heavy atom. The van der Waals surface area contributed by atoms with Gasteiger partial charge in [0.1, 0.15) is 24.1 Å². The van der Waals surface area contributed by atoms with Crippen LogP contribution in [0.25, 0.3) is 0 Å². The number of nitrogens with zero attached hydrogens (tertiary/aromatic N) is 4. The van der Waals surface area contributed by atoms with Gasteiger partial charge in [0.2, 0.25) is 15.1 Å². The zero-order valence-corrected chi connectivity index (χ0v) is 19.9. The van der Waals surface area contributed by atoms with Crippen LogP contribution in [0.15, 0.2) is 9.98 Å². The third kappa shape index (κ3) is 3.02. The molecule has 166 valence electrons. The molecule has 3 heterocycles.